The molecule has 0 atom stereocenters. The van der Waals surface area contributed by atoms with E-state index in [0.29, 0.717) is 5.02 Å². The summed E-state index contributed by atoms with van der Waals surface area (Å²) in [6.07, 6.45) is 7.96. The third-order valence-corrected chi connectivity index (χ3v) is 2.86. The van der Waals surface area contributed by atoms with Crippen molar-refractivity contribution < 1.29 is 0 Å². The van der Waals surface area contributed by atoms with Crippen LogP contribution < -0.4 is 5.32 Å². The van der Waals surface area contributed by atoms with Gasteiger partial charge in [-0.3, -0.25) is 4.98 Å². The van der Waals surface area contributed by atoms with E-state index in [0.717, 1.165) is 12.2 Å². The summed E-state index contributed by atoms with van der Waals surface area (Å²) in [5.41, 5.74) is 0.978. The molecule has 14 heavy (non-hydrogen) atoms. The minimum atomic E-state index is 0.692. The van der Waals surface area contributed by atoms with Crippen LogP contribution in [0.15, 0.2) is 18.5 Å². The Kier molecular flexibility index (Phi) is 5.80. The van der Waals surface area contributed by atoms with Crippen LogP contribution in [0.25, 0.3) is 0 Å². The molecule has 4 heteroatoms. The number of rotatable bonds is 6. The fraction of sp³-hybridized carbons (Fsp3) is 0.500. The van der Waals surface area contributed by atoms with Crippen molar-refractivity contribution >= 4 is 29.1 Å². The number of nitrogens with one attached hydrogen (secondary N) is 1. The molecular formula is C10H15ClN2S. The highest BCUT2D eigenvalue weighted by molar-refractivity contribution is 7.98. The summed E-state index contributed by atoms with van der Waals surface area (Å²) in [4.78, 5) is 3.93. The summed E-state index contributed by atoms with van der Waals surface area (Å²) in [7, 11) is 0. The minimum Gasteiger partial charge on any atom is -0.384 e. The number of anilines is 1. The number of unbranched alkanes of at least 4 members (excludes halogenated alkanes) is 1. The molecule has 0 bridgehead atoms. The number of hydrogen-bond donors (Lipinski definition) is 1. The van der Waals surface area contributed by atoms with Crippen molar-refractivity contribution in [3.63, 3.8) is 0 Å². The van der Waals surface area contributed by atoms with Crippen LogP contribution >= 0.6 is 23.4 Å². The van der Waals surface area contributed by atoms with Crippen LogP contribution in [-0.2, 0) is 0 Å². The van der Waals surface area contributed by atoms with Crippen molar-refractivity contribution in [1.29, 1.82) is 0 Å². The molecule has 1 N–H and O–H groups in total. The number of halogens is 1. The van der Waals surface area contributed by atoms with Crippen LogP contribution in [0.2, 0.25) is 5.02 Å². The number of nitrogens with zero attached hydrogens (tertiary/aromatic N) is 1. The average molecular weight is 231 g/mol. The van der Waals surface area contributed by atoms with Crippen molar-refractivity contribution in [3.05, 3.63) is 23.5 Å². The Labute approximate surface area is 94.5 Å². The van der Waals surface area contributed by atoms with E-state index in [1.165, 1.54) is 18.6 Å². The van der Waals surface area contributed by atoms with Gasteiger partial charge in [0, 0.05) is 18.9 Å². The van der Waals surface area contributed by atoms with Crippen LogP contribution in [-0.4, -0.2) is 23.5 Å². The normalized spacial score (nSPS) is 10.1. The van der Waals surface area contributed by atoms with Crippen LogP contribution in [0.1, 0.15) is 12.8 Å². The maximum Gasteiger partial charge on any atom is 0.0820 e. The van der Waals surface area contributed by atoms with Gasteiger partial charge < -0.3 is 5.32 Å². The van der Waals surface area contributed by atoms with Gasteiger partial charge in [-0.15, -0.1) is 0 Å². The van der Waals surface area contributed by atoms with Gasteiger partial charge in [-0.05, 0) is 30.9 Å². The third kappa shape index (κ3) is 4.20. The first-order valence-corrected chi connectivity index (χ1v) is 6.44. The molecule has 0 aromatic carbocycles. The molecule has 2 nitrogen and oxygen atoms in total. The van der Waals surface area contributed by atoms with Crippen molar-refractivity contribution in [1.82, 2.24) is 4.98 Å². The van der Waals surface area contributed by atoms with Gasteiger partial charge in [-0.25, -0.2) is 0 Å². The summed E-state index contributed by atoms with van der Waals surface area (Å²) < 4.78 is 0. The molecule has 1 aromatic heterocycles. The van der Waals surface area contributed by atoms with E-state index >= 15 is 0 Å². The Balaban J connectivity index is 2.21. The quantitative estimate of drug-likeness (QED) is 0.760. The highest BCUT2D eigenvalue weighted by Crippen LogP contribution is 2.18. The van der Waals surface area contributed by atoms with Gasteiger partial charge in [0.05, 0.1) is 10.7 Å². The third-order valence-electron chi connectivity index (χ3n) is 1.86. The zero-order valence-electron chi connectivity index (χ0n) is 8.29. The molecule has 0 aliphatic carbocycles. The maximum atomic E-state index is 5.94. The van der Waals surface area contributed by atoms with E-state index in [4.69, 9.17) is 11.6 Å². The highest BCUT2D eigenvalue weighted by atomic mass is 35.5. The Morgan fingerprint density at radius 2 is 2.36 bits per heavy atom. The largest absolute Gasteiger partial charge is 0.384 e. The number of hydrogen-bond acceptors (Lipinski definition) is 3. The Hall–Kier alpha value is -0.410. The van der Waals surface area contributed by atoms with E-state index < -0.39 is 0 Å². The Bertz CT molecular complexity index is 268. The van der Waals surface area contributed by atoms with Gasteiger partial charge in [0.1, 0.15) is 0 Å². The van der Waals surface area contributed by atoms with Crippen molar-refractivity contribution in [2.45, 2.75) is 12.8 Å². The first kappa shape index (κ1) is 11.7. The van der Waals surface area contributed by atoms with Crippen LogP contribution in [0, 0.1) is 0 Å². The molecule has 0 amide bonds. The topological polar surface area (TPSA) is 24.9 Å². The monoisotopic (exact) mass is 230 g/mol. The number of pyridine rings is 1. The van der Waals surface area contributed by atoms with Crippen LogP contribution in [0.4, 0.5) is 5.69 Å². The standard InChI is InChI=1S/C10H15ClN2S/c1-14-7-3-2-5-13-10-4-6-12-8-9(10)11/h4,6,8H,2-3,5,7H2,1H3,(H,12,13). The fourth-order valence-electron chi connectivity index (χ4n) is 1.11. The zero-order chi connectivity index (χ0) is 10.2. The lowest BCUT2D eigenvalue weighted by atomic mass is 10.3. The maximum absolute atomic E-state index is 5.94. The molecule has 1 rings (SSSR count). The first-order chi connectivity index (χ1) is 6.84. The second-order valence-corrected chi connectivity index (χ2v) is 4.38. The molecular weight excluding hydrogens is 216 g/mol. The molecule has 0 radical (unpaired) electrons. The van der Waals surface area contributed by atoms with Crippen LogP contribution in [0.3, 0.4) is 0 Å². The number of thioether (sulfide) groups is 1. The molecule has 0 spiro atoms. The van der Waals surface area contributed by atoms with Gasteiger partial charge in [-0.2, -0.15) is 11.8 Å². The Morgan fingerprint density at radius 3 is 3.07 bits per heavy atom. The van der Waals surface area contributed by atoms with E-state index in [1.54, 1.807) is 12.4 Å². The molecule has 78 valence electrons. The second-order valence-electron chi connectivity index (χ2n) is 2.98. The smallest absolute Gasteiger partial charge is 0.0820 e. The van der Waals surface area contributed by atoms with E-state index in [2.05, 4.69) is 16.6 Å². The van der Waals surface area contributed by atoms with E-state index in [9.17, 15) is 0 Å². The summed E-state index contributed by atoms with van der Waals surface area (Å²) in [6.45, 7) is 0.976. The fourth-order valence-corrected chi connectivity index (χ4v) is 1.79. The summed E-state index contributed by atoms with van der Waals surface area (Å²) in [5.74, 6) is 1.23. The molecule has 1 heterocycles. The van der Waals surface area contributed by atoms with Crippen LogP contribution in [0.5, 0.6) is 0 Å². The summed E-state index contributed by atoms with van der Waals surface area (Å²) in [6, 6.07) is 1.90. The second kappa shape index (κ2) is 6.96. The SMILES string of the molecule is CSCCCCNc1ccncc1Cl. The van der Waals surface area contributed by atoms with Crippen molar-refractivity contribution in [3.8, 4) is 0 Å². The Morgan fingerprint density at radius 1 is 1.50 bits per heavy atom. The van der Waals surface area contributed by atoms with Gasteiger partial charge in [0.25, 0.3) is 0 Å². The average Bonchev–Trinajstić information content (AvgIpc) is 2.20. The predicted octanol–water partition coefficient (Wildman–Crippen LogP) is 3.29. The molecule has 0 saturated heterocycles. The van der Waals surface area contributed by atoms with E-state index in [-0.39, 0.29) is 0 Å². The van der Waals surface area contributed by atoms with Gasteiger partial charge in [0.2, 0.25) is 0 Å². The van der Waals surface area contributed by atoms with Gasteiger partial charge in [-0.1, -0.05) is 11.6 Å². The van der Waals surface area contributed by atoms with Crippen molar-refractivity contribution in [2.75, 3.05) is 23.9 Å². The van der Waals surface area contributed by atoms with Gasteiger partial charge >= 0.3 is 0 Å². The van der Waals surface area contributed by atoms with Gasteiger partial charge in [0.15, 0.2) is 0 Å². The predicted molar refractivity (Wildman–Crippen MR) is 65.4 cm³/mol. The highest BCUT2D eigenvalue weighted by Gasteiger charge is 1.97. The lowest BCUT2D eigenvalue weighted by Gasteiger charge is -2.06. The summed E-state index contributed by atoms with van der Waals surface area (Å²) in [5, 5.41) is 3.98. The molecule has 0 saturated carbocycles. The lowest BCUT2D eigenvalue weighted by Crippen LogP contribution is -2.02. The van der Waals surface area contributed by atoms with E-state index in [1.807, 2.05) is 17.8 Å². The molecule has 1 aromatic rings. The summed E-state index contributed by atoms with van der Waals surface area (Å²) >= 11 is 7.82. The molecule has 0 aliphatic rings. The van der Waals surface area contributed by atoms with Crippen molar-refractivity contribution in [2.24, 2.45) is 0 Å². The lowest BCUT2D eigenvalue weighted by molar-refractivity contribution is 0.843. The minimum absolute atomic E-state index is 0.692. The zero-order valence-corrected chi connectivity index (χ0v) is 9.87. The molecule has 0 fully saturated rings. The number of aromatic nitrogens is 1. The first-order valence-electron chi connectivity index (χ1n) is 4.67. The molecule has 0 aliphatic heterocycles. The molecule has 0 unspecified atom stereocenters.